The summed E-state index contributed by atoms with van der Waals surface area (Å²) in [5.41, 5.74) is 0.594. The van der Waals surface area contributed by atoms with Crippen LogP contribution in [0.3, 0.4) is 0 Å². The maximum absolute atomic E-state index is 13.8. The minimum atomic E-state index is -0.222. The number of benzene rings is 1. The van der Waals surface area contributed by atoms with Crippen LogP contribution >= 0.6 is 23.2 Å². The summed E-state index contributed by atoms with van der Waals surface area (Å²) in [5, 5.41) is 0.507. The van der Waals surface area contributed by atoms with Crippen LogP contribution in [0.5, 0.6) is 0 Å². The van der Waals surface area contributed by atoms with Crippen molar-refractivity contribution in [3.05, 3.63) is 34.6 Å². The minimum Gasteiger partial charge on any atom is -0.295 e. The van der Waals surface area contributed by atoms with Gasteiger partial charge in [-0.1, -0.05) is 30.5 Å². The van der Waals surface area contributed by atoms with Gasteiger partial charge in [0, 0.05) is 35.6 Å². The molecule has 0 N–H and O–H groups in total. The third kappa shape index (κ3) is 3.37. The maximum Gasteiger partial charge on any atom is 0.129 e. The van der Waals surface area contributed by atoms with Crippen LogP contribution in [-0.4, -0.2) is 23.4 Å². The molecular weight excluding hydrogens is 272 g/mol. The van der Waals surface area contributed by atoms with Crippen LogP contribution in [-0.2, 0) is 6.54 Å². The van der Waals surface area contributed by atoms with Gasteiger partial charge in [0.25, 0.3) is 0 Å². The highest BCUT2D eigenvalue weighted by atomic mass is 35.5. The highest BCUT2D eigenvalue weighted by Gasteiger charge is 2.23. The van der Waals surface area contributed by atoms with E-state index in [2.05, 4.69) is 4.90 Å². The highest BCUT2D eigenvalue weighted by molar-refractivity contribution is 6.31. The average Bonchev–Trinajstić information content (AvgIpc) is 2.86. The Balaban J connectivity index is 2.12. The first kappa shape index (κ1) is 14.1. The molecular formula is C14H18Cl2FN. The molecule has 0 amide bonds. The average molecular weight is 290 g/mol. The fourth-order valence-electron chi connectivity index (χ4n) is 2.66. The Morgan fingerprint density at radius 2 is 2.00 bits per heavy atom. The van der Waals surface area contributed by atoms with Crippen molar-refractivity contribution in [2.24, 2.45) is 0 Å². The first-order valence-corrected chi connectivity index (χ1v) is 7.36. The van der Waals surface area contributed by atoms with Gasteiger partial charge in [-0.05, 0) is 25.0 Å². The molecule has 0 saturated heterocycles. The predicted molar refractivity (Wildman–Crippen MR) is 74.8 cm³/mol. The Kier molecular flexibility index (Phi) is 5.28. The molecule has 1 nitrogen and oxygen atoms in total. The Labute approximate surface area is 118 Å². The Bertz CT molecular complexity index is 371. The van der Waals surface area contributed by atoms with Crippen LogP contribution in [0.4, 0.5) is 4.39 Å². The summed E-state index contributed by atoms with van der Waals surface area (Å²) in [5.74, 6) is 0.350. The molecule has 1 aliphatic rings. The summed E-state index contributed by atoms with van der Waals surface area (Å²) in [4.78, 5) is 2.27. The third-order valence-corrected chi connectivity index (χ3v) is 4.16. The molecule has 0 aliphatic heterocycles. The number of rotatable bonds is 5. The quantitative estimate of drug-likeness (QED) is 0.724. The van der Waals surface area contributed by atoms with Crippen LogP contribution in [0.25, 0.3) is 0 Å². The molecule has 1 aromatic carbocycles. The van der Waals surface area contributed by atoms with Gasteiger partial charge in [-0.15, -0.1) is 11.6 Å². The van der Waals surface area contributed by atoms with E-state index < -0.39 is 0 Å². The molecule has 0 atom stereocenters. The first-order valence-electron chi connectivity index (χ1n) is 6.45. The van der Waals surface area contributed by atoms with Gasteiger partial charge < -0.3 is 0 Å². The van der Waals surface area contributed by atoms with Gasteiger partial charge in [0.15, 0.2) is 0 Å². The van der Waals surface area contributed by atoms with Gasteiger partial charge in [0.05, 0.1) is 0 Å². The SMILES string of the molecule is Fc1cccc(Cl)c1CN(CCCl)C1CCCC1. The second-order valence-corrected chi connectivity index (χ2v) is 5.58. The van der Waals surface area contributed by atoms with Crippen LogP contribution < -0.4 is 0 Å². The summed E-state index contributed by atoms with van der Waals surface area (Å²) in [6, 6.07) is 5.38. The molecule has 0 spiro atoms. The van der Waals surface area contributed by atoms with Crippen molar-refractivity contribution in [3.63, 3.8) is 0 Å². The summed E-state index contributed by atoms with van der Waals surface area (Å²) in [6.45, 7) is 1.35. The summed E-state index contributed by atoms with van der Waals surface area (Å²) >= 11 is 11.9. The van der Waals surface area contributed by atoms with Crippen molar-refractivity contribution in [1.82, 2.24) is 4.90 Å². The smallest absolute Gasteiger partial charge is 0.129 e. The molecule has 0 heterocycles. The minimum absolute atomic E-state index is 0.222. The molecule has 1 fully saturated rings. The lowest BCUT2D eigenvalue weighted by Crippen LogP contribution is -2.34. The van der Waals surface area contributed by atoms with Crippen molar-refractivity contribution < 1.29 is 4.39 Å². The summed E-state index contributed by atoms with van der Waals surface area (Å²) in [7, 11) is 0. The van der Waals surface area contributed by atoms with Crippen LogP contribution in [0.1, 0.15) is 31.2 Å². The molecule has 0 radical (unpaired) electrons. The largest absolute Gasteiger partial charge is 0.295 e. The third-order valence-electron chi connectivity index (χ3n) is 3.64. The molecule has 0 aromatic heterocycles. The van der Waals surface area contributed by atoms with E-state index in [-0.39, 0.29) is 5.82 Å². The van der Waals surface area contributed by atoms with E-state index in [0.717, 1.165) is 6.54 Å². The molecule has 100 valence electrons. The van der Waals surface area contributed by atoms with E-state index in [1.807, 2.05) is 0 Å². The van der Waals surface area contributed by atoms with Crippen molar-refractivity contribution in [2.75, 3.05) is 12.4 Å². The van der Waals surface area contributed by atoms with Crippen molar-refractivity contribution in [3.8, 4) is 0 Å². The van der Waals surface area contributed by atoms with E-state index in [9.17, 15) is 4.39 Å². The number of alkyl halides is 1. The van der Waals surface area contributed by atoms with Gasteiger partial charge in [0.1, 0.15) is 5.82 Å². The van der Waals surface area contributed by atoms with Gasteiger partial charge in [-0.2, -0.15) is 0 Å². The molecule has 4 heteroatoms. The Hall–Kier alpha value is -0.310. The number of hydrogen-bond donors (Lipinski definition) is 0. The fraction of sp³-hybridized carbons (Fsp3) is 0.571. The molecule has 1 aromatic rings. The first-order chi connectivity index (χ1) is 8.72. The van der Waals surface area contributed by atoms with Crippen molar-refractivity contribution in [1.29, 1.82) is 0 Å². The van der Waals surface area contributed by atoms with Gasteiger partial charge >= 0.3 is 0 Å². The number of nitrogens with zero attached hydrogens (tertiary/aromatic N) is 1. The lowest BCUT2D eigenvalue weighted by molar-refractivity contribution is 0.199. The topological polar surface area (TPSA) is 3.24 Å². The zero-order chi connectivity index (χ0) is 13.0. The lowest BCUT2D eigenvalue weighted by Gasteiger charge is -2.28. The standard InChI is InChI=1S/C14H18Cl2FN/c15-8-9-18(11-4-1-2-5-11)10-12-13(16)6-3-7-14(12)17/h3,6-7,11H,1-2,4-5,8-10H2. The molecule has 1 saturated carbocycles. The van der Waals surface area contributed by atoms with Crippen molar-refractivity contribution in [2.45, 2.75) is 38.3 Å². The van der Waals surface area contributed by atoms with E-state index in [4.69, 9.17) is 23.2 Å². The van der Waals surface area contributed by atoms with E-state index in [1.54, 1.807) is 12.1 Å². The number of hydrogen-bond acceptors (Lipinski definition) is 1. The summed E-state index contributed by atoms with van der Waals surface area (Å²) in [6.07, 6.45) is 4.88. The molecule has 0 unspecified atom stereocenters. The Morgan fingerprint density at radius 1 is 1.28 bits per heavy atom. The molecule has 2 rings (SSSR count). The number of halogens is 3. The lowest BCUT2D eigenvalue weighted by atomic mass is 10.1. The zero-order valence-corrected chi connectivity index (χ0v) is 11.9. The highest BCUT2D eigenvalue weighted by Crippen LogP contribution is 2.27. The second kappa shape index (κ2) is 6.74. The monoisotopic (exact) mass is 289 g/mol. The maximum atomic E-state index is 13.8. The molecule has 18 heavy (non-hydrogen) atoms. The van der Waals surface area contributed by atoms with Gasteiger partial charge in [-0.25, -0.2) is 4.39 Å². The van der Waals surface area contributed by atoms with E-state index >= 15 is 0 Å². The van der Waals surface area contributed by atoms with Gasteiger partial charge in [-0.3, -0.25) is 4.90 Å². The van der Waals surface area contributed by atoms with E-state index in [1.165, 1.54) is 31.7 Å². The van der Waals surface area contributed by atoms with Crippen LogP contribution in [0.15, 0.2) is 18.2 Å². The summed E-state index contributed by atoms with van der Waals surface area (Å²) < 4.78 is 13.8. The molecule has 1 aliphatic carbocycles. The fourth-order valence-corrected chi connectivity index (χ4v) is 3.10. The predicted octanol–water partition coefficient (Wildman–Crippen LogP) is 4.46. The normalized spacial score (nSPS) is 16.7. The molecule has 0 bridgehead atoms. The van der Waals surface area contributed by atoms with Crippen LogP contribution in [0, 0.1) is 5.82 Å². The Morgan fingerprint density at radius 3 is 2.61 bits per heavy atom. The van der Waals surface area contributed by atoms with Crippen molar-refractivity contribution >= 4 is 23.2 Å². The van der Waals surface area contributed by atoms with E-state index in [0.29, 0.717) is 29.1 Å². The second-order valence-electron chi connectivity index (χ2n) is 4.80. The van der Waals surface area contributed by atoms with Gasteiger partial charge in [0.2, 0.25) is 0 Å². The zero-order valence-electron chi connectivity index (χ0n) is 10.3. The van der Waals surface area contributed by atoms with Crippen LogP contribution in [0.2, 0.25) is 5.02 Å².